The van der Waals surface area contributed by atoms with Gasteiger partial charge in [0.05, 0.1) is 6.54 Å². The number of amides is 1. The maximum atomic E-state index is 11.9. The quantitative estimate of drug-likeness (QED) is 0.776. The molecule has 2 rings (SSSR count). The minimum Gasteiger partial charge on any atom is -0.352 e. The molecule has 1 aromatic rings. The van der Waals surface area contributed by atoms with E-state index in [2.05, 4.69) is 39.8 Å². The third-order valence-corrected chi connectivity index (χ3v) is 3.45. The van der Waals surface area contributed by atoms with E-state index in [1.54, 1.807) is 4.68 Å². The zero-order valence-corrected chi connectivity index (χ0v) is 10.9. The van der Waals surface area contributed by atoms with Crippen LogP contribution in [0.25, 0.3) is 0 Å². The van der Waals surface area contributed by atoms with Gasteiger partial charge in [-0.1, -0.05) is 0 Å². The minimum absolute atomic E-state index is 0.0734. The Kier molecular flexibility index (Phi) is 4.24. The monoisotopic (exact) mass is 252 g/mol. The molecule has 0 saturated heterocycles. The van der Waals surface area contributed by atoms with Crippen LogP contribution in [0.15, 0.2) is 6.33 Å². The molecule has 7 nitrogen and oxygen atoms in total. The summed E-state index contributed by atoms with van der Waals surface area (Å²) in [5, 5.41) is 13.9. The van der Waals surface area contributed by atoms with E-state index in [1.807, 2.05) is 0 Å². The number of hydrogen-bond acceptors (Lipinski definition) is 5. The van der Waals surface area contributed by atoms with Gasteiger partial charge in [-0.2, -0.15) is 0 Å². The molecule has 0 bridgehead atoms. The number of tetrazole rings is 1. The van der Waals surface area contributed by atoms with Crippen LogP contribution in [0.1, 0.15) is 25.7 Å². The van der Waals surface area contributed by atoms with Crippen LogP contribution in [0.5, 0.6) is 0 Å². The molecule has 1 amide bonds. The maximum Gasteiger partial charge on any atom is 0.222 e. The van der Waals surface area contributed by atoms with Crippen LogP contribution < -0.4 is 5.32 Å². The van der Waals surface area contributed by atoms with E-state index in [4.69, 9.17) is 0 Å². The SMILES string of the molecule is CN(C)[C@@H]1CCC[C@H]1NC(=O)CCn1cnnn1. The minimum atomic E-state index is 0.0734. The van der Waals surface area contributed by atoms with Crippen LogP contribution in [-0.4, -0.2) is 57.2 Å². The summed E-state index contributed by atoms with van der Waals surface area (Å²) in [7, 11) is 4.13. The van der Waals surface area contributed by atoms with Gasteiger partial charge in [0, 0.05) is 18.5 Å². The fourth-order valence-electron chi connectivity index (χ4n) is 2.50. The zero-order chi connectivity index (χ0) is 13.0. The zero-order valence-electron chi connectivity index (χ0n) is 10.9. The Morgan fingerprint density at radius 3 is 3.00 bits per heavy atom. The second-order valence-electron chi connectivity index (χ2n) is 4.96. The molecule has 0 spiro atoms. The van der Waals surface area contributed by atoms with E-state index in [1.165, 1.54) is 12.7 Å². The molecular weight excluding hydrogens is 232 g/mol. The normalized spacial score (nSPS) is 23.5. The van der Waals surface area contributed by atoms with Gasteiger partial charge in [0.1, 0.15) is 6.33 Å². The molecule has 2 atom stereocenters. The maximum absolute atomic E-state index is 11.9. The summed E-state index contributed by atoms with van der Waals surface area (Å²) in [6, 6.07) is 0.739. The lowest BCUT2D eigenvalue weighted by Crippen LogP contribution is -2.46. The number of nitrogens with zero attached hydrogens (tertiary/aromatic N) is 5. The Balaban J connectivity index is 1.76. The fourth-order valence-corrected chi connectivity index (χ4v) is 2.50. The Morgan fingerprint density at radius 1 is 1.50 bits per heavy atom. The van der Waals surface area contributed by atoms with Crippen molar-refractivity contribution in [2.75, 3.05) is 14.1 Å². The second-order valence-corrected chi connectivity index (χ2v) is 4.96. The van der Waals surface area contributed by atoms with Crippen LogP contribution in [0.3, 0.4) is 0 Å². The van der Waals surface area contributed by atoms with Gasteiger partial charge in [-0.05, 0) is 43.8 Å². The van der Waals surface area contributed by atoms with Crippen molar-refractivity contribution >= 4 is 5.91 Å². The lowest BCUT2D eigenvalue weighted by molar-refractivity contribution is -0.122. The fraction of sp³-hybridized carbons (Fsp3) is 0.818. The Hall–Kier alpha value is -1.50. The molecule has 1 aromatic heterocycles. The first-order valence-corrected chi connectivity index (χ1v) is 6.33. The van der Waals surface area contributed by atoms with E-state index in [-0.39, 0.29) is 11.9 Å². The molecular formula is C11H20N6O. The van der Waals surface area contributed by atoms with Crippen molar-refractivity contribution in [3.05, 3.63) is 6.33 Å². The van der Waals surface area contributed by atoms with E-state index < -0.39 is 0 Å². The van der Waals surface area contributed by atoms with Gasteiger partial charge in [-0.25, -0.2) is 4.68 Å². The highest BCUT2D eigenvalue weighted by molar-refractivity contribution is 5.76. The second kappa shape index (κ2) is 5.90. The first-order chi connectivity index (χ1) is 8.66. The van der Waals surface area contributed by atoms with E-state index in [0.717, 1.165) is 12.8 Å². The van der Waals surface area contributed by atoms with Crippen molar-refractivity contribution < 1.29 is 4.79 Å². The van der Waals surface area contributed by atoms with E-state index >= 15 is 0 Å². The molecule has 0 aromatic carbocycles. The molecule has 18 heavy (non-hydrogen) atoms. The van der Waals surface area contributed by atoms with Gasteiger partial charge < -0.3 is 10.2 Å². The third-order valence-electron chi connectivity index (χ3n) is 3.45. The van der Waals surface area contributed by atoms with Crippen molar-refractivity contribution in [1.29, 1.82) is 0 Å². The lowest BCUT2D eigenvalue weighted by Gasteiger charge is -2.26. The average molecular weight is 252 g/mol. The van der Waals surface area contributed by atoms with Gasteiger partial charge >= 0.3 is 0 Å². The van der Waals surface area contributed by atoms with Crippen molar-refractivity contribution in [2.24, 2.45) is 0 Å². The van der Waals surface area contributed by atoms with Gasteiger partial charge in [0.15, 0.2) is 0 Å². The largest absolute Gasteiger partial charge is 0.352 e. The van der Waals surface area contributed by atoms with Gasteiger partial charge in [-0.15, -0.1) is 5.10 Å². The summed E-state index contributed by atoms with van der Waals surface area (Å²) in [6.07, 6.45) is 5.35. The summed E-state index contributed by atoms with van der Waals surface area (Å²) in [5.74, 6) is 0.0734. The number of aromatic nitrogens is 4. The van der Waals surface area contributed by atoms with Crippen LogP contribution in [-0.2, 0) is 11.3 Å². The first kappa shape index (κ1) is 12.9. The first-order valence-electron chi connectivity index (χ1n) is 6.33. The highest BCUT2D eigenvalue weighted by Crippen LogP contribution is 2.22. The molecule has 7 heteroatoms. The van der Waals surface area contributed by atoms with E-state index in [0.29, 0.717) is 19.0 Å². The van der Waals surface area contributed by atoms with E-state index in [9.17, 15) is 4.79 Å². The van der Waals surface area contributed by atoms with Gasteiger partial charge in [0.25, 0.3) is 0 Å². The molecule has 1 aliphatic carbocycles. The average Bonchev–Trinajstić information content (AvgIpc) is 2.96. The summed E-state index contributed by atoms with van der Waals surface area (Å²) >= 11 is 0. The highest BCUT2D eigenvalue weighted by Gasteiger charge is 2.29. The van der Waals surface area contributed by atoms with Crippen molar-refractivity contribution in [2.45, 2.75) is 44.3 Å². The summed E-state index contributed by atoms with van der Waals surface area (Å²) < 4.78 is 1.57. The predicted octanol–water partition coefficient (Wildman–Crippen LogP) is -0.338. The molecule has 0 aliphatic heterocycles. The summed E-state index contributed by atoms with van der Waals surface area (Å²) in [5.41, 5.74) is 0. The summed E-state index contributed by atoms with van der Waals surface area (Å²) in [6.45, 7) is 0.526. The molecule has 1 heterocycles. The van der Waals surface area contributed by atoms with Crippen molar-refractivity contribution in [3.63, 3.8) is 0 Å². The Morgan fingerprint density at radius 2 is 2.33 bits per heavy atom. The van der Waals surface area contributed by atoms with Crippen molar-refractivity contribution in [3.8, 4) is 0 Å². The Bertz CT molecular complexity index is 377. The highest BCUT2D eigenvalue weighted by atomic mass is 16.1. The molecule has 0 unspecified atom stereocenters. The number of carbonyl (C=O) groups excluding carboxylic acids is 1. The number of aryl methyl sites for hydroxylation is 1. The molecule has 1 fully saturated rings. The lowest BCUT2D eigenvalue weighted by atomic mass is 10.1. The Labute approximate surface area is 107 Å². The number of carbonyl (C=O) groups is 1. The summed E-state index contributed by atoms with van der Waals surface area (Å²) in [4.78, 5) is 14.0. The molecule has 1 N–H and O–H groups in total. The molecule has 0 radical (unpaired) electrons. The van der Waals surface area contributed by atoms with Gasteiger partial charge in [-0.3, -0.25) is 4.79 Å². The van der Waals surface area contributed by atoms with Crippen LogP contribution in [0, 0.1) is 0 Å². The van der Waals surface area contributed by atoms with Crippen LogP contribution in [0.2, 0.25) is 0 Å². The van der Waals surface area contributed by atoms with Crippen LogP contribution >= 0.6 is 0 Å². The van der Waals surface area contributed by atoms with Gasteiger partial charge in [0.2, 0.25) is 5.91 Å². The smallest absolute Gasteiger partial charge is 0.222 e. The standard InChI is InChI=1S/C11H20N6O/c1-16(2)10-5-3-4-9(10)13-11(18)6-7-17-8-12-14-15-17/h8-10H,3-7H2,1-2H3,(H,13,18)/t9-,10-/m1/s1. The predicted molar refractivity (Wildman–Crippen MR) is 65.7 cm³/mol. The number of likely N-dealkylation sites (N-methyl/N-ethyl adjacent to an activating group) is 1. The van der Waals surface area contributed by atoms with Crippen molar-refractivity contribution in [1.82, 2.24) is 30.4 Å². The number of rotatable bonds is 5. The number of hydrogen-bond donors (Lipinski definition) is 1. The molecule has 1 aliphatic rings. The number of nitrogens with one attached hydrogen (secondary N) is 1. The molecule has 1 saturated carbocycles. The topological polar surface area (TPSA) is 75.9 Å². The molecule has 100 valence electrons. The van der Waals surface area contributed by atoms with Crippen LogP contribution in [0.4, 0.5) is 0 Å². The third kappa shape index (κ3) is 3.25.